The summed E-state index contributed by atoms with van der Waals surface area (Å²) in [6.45, 7) is 15.1. The Kier molecular flexibility index (Phi) is 7.86. The first-order chi connectivity index (χ1) is 19.2. The Labute approximate surface area is 242 Å². The number of aryl methyl sites for hydroxylation is 1. The van der Waals surface area contributed by atoms with Gasteiger partial charge in [0, 0.05) is 58.3 Å². The normalized spacial score (nSPS) is 17.8. The highest BCUT2D eigenvalue weighted by atomic mass is 28.3. The fourth-order valence-corrected chi connectivity index (χ4v) is 6.33. The first kappa shape index (κ1) is 29.4. The lowest BCUT2D eigenvalue weighted by atomic mass is 9.76. The van der Waals surface area contributed by atoms with Gasteiger partial charge in [0.15, 0.2) is 5.65 Å². The van der Waals surface area contributed by atoms with E-state index in [0.29, 0.717) is 42.1 Å². The van der Waals surface area contributed by atoms with Gasteiger partial charge in [0.1, 0.15) is 29.7 Å². The Morgan fingerprint density at radius 1 is 1.27 bits per heavy atom. The molecule has 1 fully saturated rings. The van der Waals surface area contributed by atoms with Gasteiger partial charge < -0.3 is 25.3 Å². The number of aromatic nitrogens is 5. The number of likely N-dealkylation sites (tertiary alicyclic amines) is 1. The highest BCUT2D eigenvalue weighted by Gasteiger charge is 2.33. The highest BCUT2D eigenvalue weighted by Crippen LogP contribution is 2.38. The van der Waals surface area contributed by atoms with Crippen LogP contribution in [0, 0.1) is 5.41 Å². The van der Waals surface area contributed by atoms with Gasteiger partial charge in [-0.15, -0.1) is 0 Å². The minimum Gasteiger partial charge on any atom is -0.361 e. The Morgan fingerprint density at radius 3 is 2.68 bits per heavy atom. The van der Waals surface area contributed by atoms with Crippen molar-refractivity contribution in [3.8, 4) is 11.4 Å². The number of rotatable bonds is 9. The molecular weight excluding hydrogens is 536 g/mol. The van der Waals surface area contributed by atoms with Crippen LogP contribution in [0.5, 0.6) is 0 Å². The monoisotopic (exact) mass is 580 g/mol. The van der Waals surface area contributed by atoms with E-state index in [1.165, 1.54) is 11.3 Å². The van der Waals surface area contributed by atoms with Gasteiger partial charge in [-0.1, -0.05) is 33.5 Å². The topological polar surface area (TPSA) is 133 Å². The maximum absolute atomic E-state index is 13.6. The van der Waals surface area contributed by atoms with Gasteiger partial charge in [-0.05, 0) is 37.6 Å². The minimum absolute atomic E-state index is 0.00196. The van der Waals surface area contributed by atoms with E-state index < -0.39 is 14.1 Å². The van der Waals surface area contributed by atoms with Crippen LogP contribution >= 0.6 is 0 Å². The smallest absolute Gasteiger partial charge is 0.255 e. The van der Waals surface area contributed by atoms with E-state index in [1.54, 1.807) is 24.2 Å². The van der Waals surface area contributed by atoms with E-state index in [-0.39, 0.29) is 30.0 Å². The molecule has 0 aromatic carbocycles. The van der Waals surface area contributed by atoms with Gasteiger partial charge in [0.25, 0.3) is 5.91 Å². The Balaban J connectivity index is 1.46. The zero-order valence-electron chi connectivity index (χ0n) is 25.5. The Hall–Kier alpha value is -3.09. The van der Waals surface area contributed by atoms with Crippen LogP contribution in [0.2, 0.25) is 25.7 Å². The van der Waals surface area contributed by atoms with Crippen LogP contribution < -0.4 is 11.1 Å². The van der Waals surface area contributed by atoms with Crippen molar-refractivity contribution in [1.29, 1.82) is 0 Å². The van der Waals surface area contributed by atoms with E-state index in [4.69, 9.17) is 25.5 Å². The standard InChI is InChI=1S/C29H44N8O3Si/c1-18(28(39)36-14-19(30)15-36)32-27(38)21-16-37(17-40-10-11-41(5,6)7)26-25(21)33-22(13-31-26)24-20-8-9-29(2,3)12-23(20)35(4)34-24/h13,16,18-19H,8-12,14-15,17,30H2,1-7H3,(H,32,38)/t18-/m1/s1. The van der Waals surface area contributed by atoms with Crippen LogP contribution in [-0.2, 0) is 36.2 Å². The number of carbonyl (C=O) groups excluding carboxylic acids is 2. The fraction of sp³-hybridized carbons (Fsp3) is 0.621. The van der Waals surface area contributed by atoms with Crippen molar-refractivity contribution in [1.82, 2.24) is 34.5 Å². The molecule has 1 saturated heterocycles. The number of nitrogens with two attached hydrogens (primary N) is 1. The number of nitrogens with zero attached hydrogens (tertiary/aromatic N) is 6. The van der Waals surface area contributed by atoms with Crippen LogP contribution in [0.3, 0.4) is 0 Å². The van der Waals surface area contributed by atoms with Gasteiger partial charge >= 0.3 is 0 Å². The molecule has 0 bridgehead atoms. The number of carbonyl (C=O) groups is 2. The summed E-state index contributed by atoms with van der Waals surface area (Å²) in [5.41, 5.74) is 11.3. The maximum Gasteiger partial charge on any atom is 0.255 e. The van der Waals surface area contributed by atoms with Crippen molar-refractivity contribution in [3.05, 3.63) is 29.2 Å². The van der Waals surface area contributed by atoms with Gasteiger partial charge in [-0.25, -0.2) is 9.97 Å². The zero-order chi connectivity index (χ0) is 29.7. The number of ether oxygens (including phenoxy) is 1. The zero-order valence-corrected chi connectivity index (χ0v) is 26.5. The van der Waals surface area contributed by atoms with Gasteiger partial charge in [0.2, 0.25) is 5.91 Å². The maximum atomic E-state index is 13.6. The molecule has 4 heterocycles. The molecule has 2 aliphatic rings. The minimum atomic E-state index is -1.25. The molecule has 3 aromatic heterocycles. The molecule has 0 saturated carbocycles. The second kappa shape index (κ2) is 11.0. The number of amides is 2. The summed E-state index contributed by atoms with van der Waals surface area (Å²) >= 11 is 0. The van der Waals surface area contributed by atoms with E-state index >= 15 is 0 Å². The molecule has 1 atom stereocenters. The number of hydrogen-bond donors (Lipinski definition) is 2. The molecule has 41 heavy (non-hydrogen) atoms. The summed E-state index contributed by atoms with van der Waals surface area (Å²) in [7, 11) is 0.732. The number of nitrogens with one attached hydrogen (secondary N) is 1. The molecule has 0 unspecified atom stereocenters. The van der Waals surface area contributed by atoms with Crippen LogP contribution in [0.15, 0.2) is 12.4 Å². The molecule has 3 N–H and O–H groups in total. The van der Waals surface area contributed by atoms with E-state index in [1.807, 2.05) is 16.3 Å². The SMILES string of the molecule is C[C@@H](NC(=O)c1cn(COCC[Si](C)(C)C)c2ncc(-c3nn(C)c4c3CCC(C)(C)C4)nc12)C(=O)N1CC(N)C1. The third kappa shape index (κ3) is 6.24. The Bertz CT molecular complexity index is 1460. The highest BCUT2D eigenvalue weighted by molar-refractivity contribution is 6.76. The molecule has 0 spiro atoms. The second-order valence-electron chi connectivity index (χ2n) is 13.7. The molecule has 1 aliphatic heterocycles. The summed E-state index contributed by atoms with van der Waals surface area (Å²) in [6.07, 6.45) is 6.41. The van der Waals surface area contributed by atoms with Crippen molar-refractivity contribution < 1.29 is 14.3 Å². The molecule has 2 amide bonds. The molecule has 0 radical (unpaired) electrons. The van der Waals surface area contributed by atoms with Gasteiger partial charge in [-0.3, -0.25) is 14.3 Å². The molecule has 12 heteroatoms. The van der Waals surface area contributed by atoms with Crippen molar-refractivity contribution in [2.24, 2.45) is 18.2 Å². The predicted molar refractivity (Wildman–Crippen MR) is 161 cm³/mol. The van der Waals surface area contributed by atoms with E-state index in [9.17, 15) is 9.59 Å². The van der Waals surface area contributed by atoms with E-state index in [2.05, 4.69) is 38.8 Å². The average molecular weight is 581 g/mol. The third-order valence-corrected chi connectivity index (χ3v) is 9.90. The lowest BCUT2D eigenvalue weighted by molar-refractivity contribution is -0.137. The molecule has 5 rings (SSSR count). The lowest BCUT2D eigenvalue weighted by Gasteiger charge is -2.38. The molecule has 1 aliphatic carbocycles. The lowest BCUT2D eigenvalue weighted by Crippen LogP contribution is -2.61. The second-order valence-corrected chi connectivity index (χ2v) is 19.3. The third-order valence-electron chi connectivity index (χ3n) is 8.19. The van der Waals surface area contributed by atoms with E-state index in [0.717, 1.165) is 31.0 Å². The summed E-state index contributed by atoms with van der Waals surface area (Å²) < 4.78 is 9.78. The Morgan fingerprint density at radius 2 is 2.00 bits per heavy atom. The average Bonchev–Trinajstić information content (AvgIpc) is 3.40. The van der Waals surface area contributed by atoms with Crippen LogP contribution in [0.1, 0.15) is 48.8 Å². The molecule has 3 aromatic rings. The first-order valence-corrected chi connectivity index (χ1v) is 18.3. The van der Waals surface area contributed by atoms with Crippen molar-refractivity contribution in [2.45, 2.75) is 84.5 Å². The van der Waals surface area contributed by atoms with Crippen LogP contribution in [0.4, 0.5) is 0 Å². The summed E-state index contributed by atoms with van der Waals surface area (Å²) in [5, 5.41) is 7.71. The molecular formula is C29H44N8O3Si. The van der Waals surface area contributed by atoms with Gasteiger partial charge in [-0.2, -0.15) is 5.10 Å². The molecule has 11 nitrogen and oxygen atoms in total. The quantitative estimate of drug-likeness (QED) is 0.294. The largest absolute Gasteiger partial charge is 0.361 e. The summed E-state index contributed by atoms with van der Waals surface area (Å²) in [6, 6.07) is 0.345. The number of hydrogen-bond acceptors (Lipinski definition) is 7. The van der Waals surface area contributed by atoms with Gasteiger partial charge in [0.05, 0.1) is 11.8 Å². The summed E-state index contributed by atoms with van der Waals surface area (Å²) in [4.78, 5) is 37.7. The van der Waals surface area contributed by atoms with Crippen molar-refractivity contribution >= 4 is 31.1 Å². The van der Waals surface area contributed by atoms with Crippen LogP contribution in [0.25, 0.3) is 22.6 Å². The molecule has 222 valence electrons. The number of fused-ring (bicyclic) bond motifs is 2. The summed E-state index contributed by atoms with van der Waals surface area (Å²) in [5.74, 6) is -0.522. The van der Waals surface area contributed by atoms with Crippen molar-refractivity contribution in [2.75, 3.05) is 19.7 Å². The predicted octanol–water partition coefficient (Wildman–Crippen LogP) is 2.95. The fourth-order valence-electron chi connectivity index (χ4n) is 5.57. The van der Waals surface area contributed by atoms with Crippen molar-refractivity contribution in [3.63, 3.8) is 0 Å². The first-order valence-electron chi connectivity index (χ1n) is 14.6. The van der Waals surface area contributed by atoms with Crippen LogP contribution in [-0.4, -0.2) is 80.9 Å².